The van der Waals surface area contributed by atoms with Crippen LogP contribution in [0.5, 0.6) is 5.75 Å². The Morgan fingerprint density at radius 1 is 1.15 bits per heavy atom. The fourth-order valence-electron chi connectivity index (χ4n) is 2.16. The van der Waals surface area contributed by atoms with E-state index in [-0.39, 0.29) is 5.75 Å². The van der Waals surface area contributed by atoms with E-state index in [0.29, 0.717) is 11.6 Å². The Bertz CT molecular complexity index is 753. The van der Waals surface area contributed by atoms with Gasteiger partial charge in [0.2, 0.25) is 0 Å². The van der Waals surface area contributed by atoms with Crippen LogP contribution in [0.4, 0.5) is 5.69 Å². The molecule has 4 heteroatoms. The molecule has 1 aromatic heterocycles. The largest absolute Gasteiger partial charge is 0.508 e. The molecule has 0 saturated carbocycles. The van der Waals surface area contributed by atoms with Crippen LogP contribution in [0.25, 0.3) is 10.8 Å². The van der Waals surface area contributed by atoms with Crippen molar-refractivity contribution in [2.75, 3.05) is 5.32 Å². The summed E-state index contributed by atoms with van der Waals surface area (Å²) in [7, 11) is 0. The number of aromatic hydroxyl groups is 1. The van der Waals surface area contributed by atoms with Gasteiger partial charge in [0, 0.05) is 46.0 Å². The molecule has 1 heterocycles. The summed E-state index contributed by atoms with van der Waals surface area (Å²) in [4.78, 5) is 4.11. The molecule has 100 valence electrons. The average Bonchev–Trinajstić information content (AvgIpc) is 2.48. The molecular weight excluding hydrogens is 272 g/mol. The SMILES string of the molecule is Oc1ccc(Cl)cc1CNc1cccc2cnccc12. The smallest absolute Gasteiger partial charge is 0.120 e. The van der Waals surface area contributed by atoms with Crippen LogP contribution in [-0.4, -0.2) is 10.1 Å². The first-order valence-electron chi connectivity index (χ1n) is 6.28. The third-order valence-electron chi connectivity index (χ3n) is 3.19. The number of phenols is 1. The second-order valence-electron chi connectivity index (χ2n) is 4.53. The maximum atomic E-state index is 9.82. The van der Waals surface area contributed by atoms with Gasteiger partial charge in [0.15, 0.2) is 0 Å². The number of halogens is 1. The molecule has 0 unspecified atom stereocenters. The number of benzene rings is 2. The molecule has 3 aromatic rings. The van der Waals surface area contributed by atoms with Gasteiger partial charge in [-0.15, -0.1) is 0 Å². The van der Waals surface area contributed by atoms with E-state index in [9.17, 15) is 5.11 Å². The number of nitrogens with one attached hydrogen (secondary N) is 1. The highest BCUT2D eigenvalue weighted by atomic mass is 35.5. The third kappa shape index (κ3) is 2.53. The lowest BCUT2D eigenvalue weighted by atomic mass is 10.1. The Hall–Kier alpha value is -2.26. The van der Waals surface area contributed by atoms with Gasteiger partial charge in [-0.2, -0.15) is 0 Å². The summed E-state index contributed by atoms with van der Waals surface area (Å²) < 4.78 is 0. The number of phenolic OH excluding ortho intramolecular Hbond substituents is 1. The number of pyridine rings is 1. The Morgan fingerprint density at radius 3 is 2.95 bits per heavy atom. The molecule has 0 aliphatic carbocycles. The van der Waals surface area contributed by atoms with E-state index in [1.165, 1.54) is 0 Å². The summed E-state index contributed by atoms with van der Waals surface area (Å²) in [6.07, 6.45) is 3.60. The number of rotatable bonds is 3. The molecule has 0 saturated heterocycles. The van der Waals surface area contributed by atoms with Crippen molar-refractivity contribution < 1.29 is 5.11 Å². The molecule has 0 fully saturated rings. The van der Waals surface area contributed by atoms with Crippen LogP contribution in [0.2, 0.25) is 5.02 Å². The quantitative estimate of drug-likeness (QED) is 0.757. The van der Waals surface area contributed by atoms with Crippen molar-refractivity contribution in [3.63, 3.8) is 0 Å². The highest BCUT2D eigenvalue weighted by molar-refractivity contribution is 6.30. The molecule has 20 heavy (non-hydrogen) atoms. The number of hydrogen-bond acceptors (Lipinski definition) is 3. The van der Waals surface area contributed by atoms with Gasteiger partial charge >= 0.3 is 0 Å². The lowest BCUT2D eigenvalue weighted by Crippen LogP contribution is -2.00. The van der Waals surface area contributed by atoms with Crippen LogP contribution in [0.1, 0.15) is 5.56 Å². The Balaban J connectivity index is 1.89. The minimum Gasteiger partial charge on any atom is -0.508 e. The normalized spacial score (nSPS) is 10.7. The van der Waals surface area contributed by atoms with E-state index >= 15 is 0 Å². The van der Waals surface area contributed by atoms with Gasteiger partial charge in [0.25, 0.3) is 0 Å². The molecule has 0 aliphatic heterocycles. The van der Waals surface area contributed by atoms with E-state index in [1.54, 1.807) is 24.4 Å². The number of nitrogens with zero attached hydrogens (tertiary/aromatic N) is 1. The monoisotopic (exact) mass is 284 g/mol. The Morgan fingerprint density at radius 2 is 2.05 bits per heavy atom. The van der Waals surface area contributed by atoms with Gasteiger partial charge in [-0.1, -0.05) is 23.7 Å². The molecule has 2 aromatic carbocycles. The number of hydrogen-bond donors (Lipinski definition) is 2. The first kappa shape index (κ1) is 12.8. The van der Waals surface area contributed by atoms with Crippen LogP contribution < -0.4 is 5.32 Å². The van der Waals surface area contributed by atoms with E-state index in [2.05, 4.69) is 10.3 Å². The maximum Gasteiger partial charge on any atom is 0.120 e. The number of aromatic nitrogens is 1. The third-order valence-corrected chi connectivity index (χ3v) is 3.43. The zero-order valence-electron chi connectivity index (χ0n) is 10.7. The van der Waals surface area contributed by atoms with E-state index in [1.807, 2.05) is 30.5 Å². The van der Waals surface area contributed by atoms with Crippen molar-refractivity contribution in [1.82, 2.24) is 4.98 Å². The first-order chi connectivity index (χ1) is 9.74. The van der Waals surface area contributed by atoms with Gasteiger partial charge < -0.3 is 10.4 Å². The van der Waals surface area contributed by atoms with Crippen molar-refractivity contribution >= 4 is 28.1 Å². The Labute approximate surface area is 121 Å². The fraction of sp³-hybridized carbons (Fsp3) is 0.0625. The standard InChI is InChI=1S/C16H13ClN2O/c17-13-4-5-16(20)12(8-13)10-19-15-3-1-2-11-9-18-7-6-14(11)15/h1-9,19-20H,10H2. The van der Waals surface area contributed by atoms with Gasteiger partial charge in [-0.25, -0.2) is 0 Å². The first-order valence-corrected chi connectivity index (χ1v) is 6.66. The highest BCUT2D eigenvalue weighted by Gasteiger charge is 2.04. The molecule has 3 rings (SSSR count). The summed E-state index contributed by atoms with van der Waals surface area (Å²) in [6.45, 7) is 0.508. The summed E-state index contributed by atoms with van der Waals surface area (Å²) in [5, 5.41) is 15.9. The Kier molecular flexibility index (Phi) is 3.44. The predicted octanol–water partition coefficient (Wildman–Crippen LogP) is 4.21. The van der Waals surface area contributed by atoms with Gasteiger partial charge in [-0.3, -0.25) is 4.98 Å². The van der Waals surface area contributed by atoms with Crippen molar-refractivity contribution in [2.24, 2.45) is 0 Å². The molecule has 0 radical (unpaired) electrons. The lowest BCUT2D eigenvalue weighted by Gasteiger charge is -2.11. The second kappa shape index (κ2) is 5.39. The summed E-state index contributed by atoms with van der Waals surface area (Å²) >= 11 is 5.95. The molecule has 3 nitrogen and oxygen atoms in total. The van der Waals surface area contributed by atoms with Crippen LogP contribution in [-0.2, 0) is 6.54 Å². The van der Waals surface area contributed by atoms with Crippen LogP contribution >= 0.6 is 11.6 Å². The maximum absolute atomic E-state index is 9.82. The van der Waals surface area contributed by atoms with Crippen LogP contribution in [0.3, 0.4) is 0 Å². The van der Waals surface area contributed by atoms with Gasteiger partial charge in [-0.05, 0) is 30.3 Å². The molecule has 0 amide bonds. The summed E-state index contributed by atoms with van der Waals surface area (Å²) in [5.74, 6) is 0.240. The van der Waals surface area contributed by atoms with Crippen molar-refractivity contribution in [3.05, 3.63) is 65.4 Å². The summed E-state index contributed by atoms with van der Waals surface area (Å²) in [5.41, 5.74) is 1.77. The number of fused-ring (bicyclic) bond motifs is 1. The molecular formula is C16H13ClN2O. The average molecular weight is 285 g/mol. The van der Waals surface area contributed by atoms with Crippen molar-refractivity contribution in [2.45, 2.75) is 6.54 Å². The second-order valence-corrected chi connectivity index (χ2v) is 4.97. The lowest BCUT2D eigenvalue weighted by molar-refractivity contribution is 0.469. The molecule has 0 atom stereocenters. The van der Waals surface area contributed by atoms with Crippen molar-refractivity contribution in [3.8, 4) is 5.75 Å². The molecule has 0 spiro atoms. The molecule has 0 bridgehead atoms. The van der Waals surface area contributed by atoms with E-state index in [4.69, 9.17) is 11.6 Å². The van der Waals surface area contributed by atoms with Gasteiger partial charge in [0.05, 0.1) is 0 Å². The summed E-state index contributed by atoms with van der Waals surface area (Å²) in [6, 6.07) is 13.0. The van der Waals surface area contributed by atoms with Crippen molar-refractivity contribution in [1.29, 1.82) is 0 Å². The number of anilines is 1. The minimum absolute atomic E-state index is 0.240. The van der Waals surface area contributed by atoms with E-state index < -0.39 is 0 Å². The zero-order chi connectivity index (χ0) is 13.9. The predicted molar refractivity (Wildman–Crippen MR) is 82.2 cm³/mol. The fourth-order valence-corrected chi connectivity index (χ4v) is 2.36. The molecule has 2 N–H and O–H groups in total. The molecule has 0 aliphatic rings. The van der Waals surface area contributed by atoms with Crippen LogP contribution in [0, 0.1) is 0 Å². The van der Waals surface area contributed by atoms with E-state index in [0.717, 1.165) is 22.0 Å². The topological polar surface area (TPSA) is 45.1 Å². The highest BCUT2D eigenvalue weighted by Crippen LogP contribution is 2.25. The zero-order valence-corrected chi connectivity index (χ0v) is 11.4. The minimum atomic E-state index is 0.240. The van der Waals surface area contributed by atoms with Gasteiger partial charge in [0.1, 0.15) is 5.75 Å². The van der Waals surface area contributed by atoms with Crippen LogP contribution in [0.15, 0.2) is 54.9 Å².